The SMILES string of the molecule is CC(C)(C)OC(=O)N1CCN(c2ccc(B(O)O)cc2F)CC1. The highest BCUT2D eigenvalue weighted by Crippen LogP contribution is 2.20. The van der Waals surface area contributed by atoms with Crippen molar-refractivity contribution in [1.82, 2.24) is 4.90 Å². The molecule has 6 nitrogen and oxygen atoms in total. The minimum absolute atomic E-state index is 0.110. The molecule has 1 heterocycles. The van der Waals surface area contributed by atoms with Crippen LogP contribution in [-0.2, 0) is 4.74 Å². The molecule has 1 fully saturated rings. The quantitative estimate of drug-likeness (QED) is 0.778. The Labute approximate surface area is 135 Å². The van der Waals surface area contributed by atoms with Crippen molar-refractivity contribution in [3.05, 3.63) is 24.0 Å². The lowest BCUT2D eigenvalue weighted by atomic mass is 9.80. The van der Waals surface area contributed by atoms with E-state index >= 15 is 0 Å². The van der Waals surface area contributed by atoms with E-state index in [-0.39, 0.29) is 11.6 Å². The van der Waals surface area contributed by atoms with Crippen molar-refractivity contribution in [2.75, 3.05) is 31.1 Å². The minimum atomic E-state index is -1.69. The lowest BCUT2D eigenvalue weighted by Gasteiger charge is -2.36. The fraction of sp³-hybridized carbons (Fsp3) is 0.533. The summed E-state index contributed by atoms with van der Waals surface area (Å²) in [6, 6.07) is 4.11. The van der Waals surface area contributed by atoms with Crippen LogP contribution >= 0.6 is 0 Å². The van der Waals surface area contributed by atoms with Gasteiger partial charge in [-0.1, -0.05) is 6.07 Å². The fourth-order valence-electron chi connectivity index (χ4n) is 2.40. The second-order valence-corrected chi connectivity index (χ2v) is 6.54. The van der Waals surface area contributed by atoms with Gasteiger partial charge in [0.05, 0.1) is 5.69 Å². The van der Waals surface area contributed by atoms with Gasteiger partial charge in [0.25, 0.3) is 0 Å². The van der Waals surface area contributed by atoms with Crippen LogP contribution < -0.4 is 10.4 Å². The van der Waals surface area contributed by atoms with Gasteiger partial charge in [0.1, 0.15) is 11.4 Å². The number of ether oxygens (including phenoxy) is 1. The van der Waals surface area contributed by atoms with Gasteiger partial charge < -0.3 is 24.6 Å². The number of rotatable bonds is 2. The Balaban J connectivity index is 1.98. The van der Waals surface area contributed by atoms with E-state index in [9.17, 15) is 9.18 Å². The van der Waals surface area contributed by atoms with Crippen molar-refractivity contribution in [1.29, 1.82) is 0 Å². The molecule has 1 amide bonds. The average Bonchev–Trinajstić information content (AvgIpc) is 2.45. The fourth-order valence-corrected chi connectivity index (χ4v) is 2.40. The summed E-state index contributed by atoms with van der Waals surface area (Å²) in [5, 5.41) is 18.1. The smallest absolute Gasteiger partial charge is 0.444 e. The molecular weight excluding hydrogens is 302 g/mol. The van der Waals surface area contributed by atoms with Crippen LogP contribution in [0.2, 0.25) is 0 Å². The molecule has 126 valence electrons. The summed E-state index contributed by atoms with van der Waals surface area (Å²) in [6.45, 7) is 7.29. The normalized spacial score (nSPS) is 15.6. The van der Waals surface area contributed by atoms with Gasteiger partial charge in [-0.15, -0.1) is 0 Å². The van der Waals surface area contributed by atoms with E-state index in [0.29, 0.717) is 31.9 Å². The molecule has 0 radical (unpaired) electrons. The van der Waals surface area contributed by atoms with E-state index in [0.717, 1.165) is 6.07 Å². The Morgan fingerprint density at radius 3 is 2.30 bits per heavy atom. The first-order valence-electron chi connectivity index (χ1n) is 7.56. The van der Waals surface area contributed by atoms with Gasteiger partial charge in [0.2, 0.25) is 0 Å². The molecule has 8 heteroatoms. The predicted octanol–water partition coefficient (Wildman–Crippen LogP) is 0.563. The van der Waals surface area contributed by atoms with E-state index < -0.39 is 18.5 Å². The third-order valence-electron chi connectivity index (χ3n) is 3.54. The maximum atomic E-state index is 14.1. The lowest BCUT2D eigenvalue weighted by Crippen LogP contribution is -2.50. The van der Waals surface area contributed by atoms with Gasteiger partial charge in [0.15, 0.2) is 0 Å². The van der Waals surface area contributed by atoms with Crippen LogP contribution in [0, 0.1) is 5.82 Å². The Hall–Kier alpha value is -1.80. The van der Waals surface area contributed by atoms with Crippen molar-refractivity contribution in [2.45, 2.75) is 26.4 Å². The van der Waals surface area contributed by atoms with Crippen molar-refractivity contribution < 1.29 is 24.0 Å². The first-order chi connectivity index (χ1) is 10.7. The topological polar surface area (TPSA) is 73.2 Å². The van der Waals surface area contributed by atoms with Crippen LogP contribution in [0.25, 0.3) is 0 Å². The second-order valence-electron chi connectivity index (χ2n) is 6.54. The van der Waals surface area contributed by atoms with E-state index in [2.05, 4.69) is 0 Å². The standard InChI is InChI=1S/C15H22BFN2O4/c1-15(2,3)23-14(20)19-8-6-18(7-9-19)13-5-4-11(16(21)22)10-12(13)17/h4-5,10,21-22H,6-9H2,1-3H3. The molecule has 1 aromatic carbocycles. The lowest BCUT2D eigenvalue weighted by molar-refractivity contribution is 0.0240. The zero-order valence-electron chi connectivity index (χ0n) is 13.6. The van der Waals surface area contributed by atoms with Gasteiger partial charge in [0, 0.05) is 26.2 Å². The number of amides is 1. The number of piperazine rings is 1. The van der Waals surface area contributed by atoms with Crippen LogP contribution in [0.3, 0.4) is 0 Å². The van der Waals surface area contributed by atoms with Crippen molar-refractivity contribution >= 4 is 24.4 Å². The molecule has 23 heavy (non-hydrogen) atoms. The summed E-state index contributed by atoms with van der Waals surface area (Å²) in [7, 11) is -1.69. The zero-order chi connectivity index (χ0) is 17.2. The number of nitrogens with zero attached hydrogens (tertiary/aromatic N) is 2. The van der Waals surface area contributed by atoms with Gasteiger partial charge >= 0.3 is 13.2 Å². The largest absolute Gasteiger partial charge is 0.488 e. The van der Waals surface area contributed by atoms with Gasteiger partial charge in [-0.3, -0.25) is 0 Å². The Kier molecular flexibility index (Phi) is 5.16. The molecule has 1 aliphatic heterocycles. The highest BCUT2D eigenvalue weighted by molar-refractivity contribution is 6.58. The summed E-state index contributed by atoms with van der Waals surface area (Å²) in [5.74, 6) is -0.513. The Morgan fingerprint density at radius 1 is 1.22 bits per heavy atom. The Morgan fingerprint density at radius 2 is 1.83 bits per heavy atom. The summed E-state index contributed by atoms with van der Waals surface area (Å²) in [5.41, 5.74) is -0.0433. The summed E-state index contributed by atoms with van der Waals surface area (Å²) < 4.78 is 19.4. The third kappa shape index (κ3) is 4.59. The van der Waals surface area contributed by atoms with Crippen molar-refractivity contribution in [3.63, 3.8) is 0 Å². The van der Waals surface area contributed by atoms with E-state index in [4.69, 9.17) is 14.8 Å². The predicted molar refractivity (Wildman–Crippen MR) is 86.2 cm³/mol. The molecule has 0 spiro atoms. The molecule has 0 aliphatic carbocycles. The van der Waals surface area contributed by atoms with Crippen molar-refractivity contribution in [3.8, 4) is 0 Å². The highest BCUT2D eigenvalue weighted by Gasteiger charge is 2.27. The molecule has 1 saturated heterocycles. The molecular formula is C15H22BFN2O4. The molecule has 0 unspecified atom stereocenters. The third-order valence-corrected chi connectivity index (χ3v) is 3.54. The summed E-state index contributed by atoms with van der Waals surface area (Å²) in [6.07, 6.45) is -0.364. The van der Waals surface area contributed by atoms with E-state index in [1.165, 1.54) is 12.1 Å². The number of benzene rings is 1. The van der Waals surface area contributed by atoms with Crippen LogP contribution in [0.15, 0.2) is 18.2 Å². The van der Waals surface area contributed by atoms with Crippen molar-refractivity contribution in [2.24, 2.45) is 0 Å². The Bertz CT molecular complexity index is 569. The summed E-state index contributed by atoms with van der Waals surface area (Å²) in [4.78, 5) is 15.4. The number of carbonyl (C=O) groups excluding carboxylic acids is 1. The van der Waals surface area contributed by atoms with Crippen LogP contribution in [-0.4, -0.2) is 59.9 Å². The van der Waals surface area contributed by atoms with Gasteiger partial charge in [-0.05, 0) is 38.4 Å². The molecule has 0 saturated carbocycles. The van der Waals surface area contributed by atoms with E-state index in [1.807, 2.05) is 25.7 Å². The molecule has 1 aromatic rings. The summed E-state index contributed by atoms with van der Waals surface area (Å²) >= 11 is 0. The molecule has 2 N–H and O–H groups in total. The van der Waals surface area contributed by atoms with Crippen LogP contribution in [0.5, 0.6) is 0 Å². The van der Waals surface area contributed by atoms with E-state index in [1.54, 1.807) is 4.90 Å². The first kappa shape index (κ1) is 17.6. The average molecular weight is 324 g/mol. The van der Waals surface area contributed by atoms with Crippen LogP contribution in [0.1, 0.15) is 20.8 Å². The van der Waals surface area contributed by atoms with Gasteiger partial charge in [-0.25, -0.2) is 9.18 Å². The zero-order valence-corrected chi connectivity index (χ0v) is 13.6. The minimum Gasteiger partial charge on any atom is -0.444 e. The maximum absolute atomic E-state index is 14.1. The highest BCUT2D eigenvalue weighted by atomic mass is 19.1. The maximum Gasteiger partial charge on any atom is 0.488 e. The van der Waals surface area contributed by atoms with Crippen LogP contribution in [0.4, 0.5) is 14.9 Å². The number of hydrogen-bond acceptors (Lipinski definition) is 5. The number of halogens is 1. The first-order valence-corrected chi connectivity index (χ1v) is 7.56. The number of carbonyl (C=O) groups is 1. The molecule has 0 atom stereocenters. The monoisotopic (exact) mass is 324 g/mol. The number of anilines is 1. The number of hydrogen-bond donors (Lipinski definition) is 2. The molecule has 0 bridgehead atoms. The van der Waals surface area contributed by atoms with Gasteiger partial charge in [-0.2, -0.15) is 0 Å². The second kappa shape index (κ2) is 6.76. The molecule has 1 aliphatic rings. The molecule has 0 aromatic heterocycles. The molecule has 2 rings (SSSR count).